The molecule has 1 atom stereocenters. The van der Waals surface area contributed by atoms with Crippen molar-refractivity contribution in [3.63, 3.8) is 0 Å². The van der Waals surface area contributed by atoms with Crippen molar-refractivity contribution in [2.45, 2.75) is 63.9 Å². The molecule has 1 rings (SSSR count). The molecule has 0 radical (unpaired) electrons. The van der Waals surface area contributed by atoms with Gasteiger partial charge >= 0.3 is 0 Å². The highest BCUT2D eigenvalue weighted by atomic mass is 16.5. The van der Waals surface area contributed by atoms with Crippen LogP contribution in [0.5, 0.6) is 0 Å². The maximum Gasteiger partial charge on any atom is 0.220 e. The van der Waals surface area contributed by atoms with E-state index in [0.29, 0.717) is 18.9 Å². The van der Waals surface area contributed by atoms with Crippen LogP contribution in [0.3, 0.4) is 0 Å². The molecule has 4 nitrogen and oxygen atoms in total. The molecule has 0 bridgehead atoms. The van der Waals surface area contributed by atoms with E-state index in [2.05, 4.69) is 12.2 Å². The summed E-state index contributed by atoms with van der Waals surface area (Å²) in [6.45, 7) is 3.57. The Morgan fingerprint density at radius 2 is 2.11 bits per heavy atom. The quantitative estimate of drug-likeness (QED) is 0.640. The van der Waals surface area contributed by atoms with Crippen molar-refractivity contribution in [1.82, 2.24) is 5.32 Å². The molecule has 1 unspecified atom stereocenters. The van der Waals surface area contributed by atoms with Gasteiger partial charge in [0.25, 0.3) is 0 Å². The lowest BCUT2D eigenvalue weighted by Crippen LogP contribution is -2.49. The minimum Gasteiger partial charge on any atom is -0.376 e. The molecular formula is C15H30N2O2. The van der Waals surface area contributed by atoms with Crippen molar-refractivity contribution >= 4 is 5.91 Å². The number of hydrogen-bond donors (Lipinski definition) is 2. The first-order valence-electron chi connectivity index (χ1n) is 7.67. The van der Waals surface area contributed by atoms with Crippen molar-refractivity contribution in [3.8, 4) is 0 Å². The van der Waals surface area contributed by atoms with Crippen molar-refractivity contribution in [2.75, 3.05) is 20.2 Å². The summed E-state index contributed by atoms with van der Waals surface area (Å²) in [6, 6.07) is 0. The molecule has 0 heterocycles. The molecule has 4 heteroatoms. The van der Waals surface area contributed by atoms with Gasteiger partial charge in [0.2, 0.25) is 5.91 Å². The highest BCUT2D eigenvalue weighted by molar-refractivity contribution is 5.75. The molecule has 19 heavy (non-hydrogen) atoms. The summed E-state index contributed by atoms with van der Waals surface area (Å²) in [5.74, 6) is 0.752. The van der Waals surface area contributed by atoms with Crippen LogP contribution < -0.4 is 11.1 Å². The van der Waals surface area contributed by atoms with Gasteiger partial charge in [-0.3, -0.25) is 4.79 Å². The molecule has 0 aliphatic heterocycles. The third kappa shape index (κ3) is 5.49. The summed E-state index contributed by atoms with van der Waals surface area (Å²) in [4.78, 5) is 11.9. The number of carbonyl (C=O) groups excluding carboxylic acids is 1. The number of hydrogen-bond acceptors (Lipinski definition) is 3. The van der Waals surface area contributed by atoms with E-state index in [1.807, 2.05) is 0 Å². The van der Waals surface area contributed by atoms with Gasteiger partial charge in [-0.1, -0.05) is 19.8 Å². The molecule has 0 aromatic rings. The Kier molecular flexibility index (Phi) is 7.39. The zero-order valence-corrected chi connectivity index (χ0v) is 12.5. The van der Waals surface area contributed by atoms with Crippen LogP contribution in [0.1, 0.15) is 58.3 Å². The summed E-state index contributed by atoms with van der Waals surface area (Å²) >= 11 is 0. The highest BCUT2D eigenvalue weighted by Gasteiger charge is 2.37. The normalized spacial score (nSPS) is 18.7. The Hall–Kier alpha value is -0.610. The molecule has 1 saturated carbocycles. The molecule has 0 spiro atoms. The monoisotopic (exact) mass is 270 g/mol. The first kappa shape index (κ1) is 16.4. The van der Waals surface area contributed by atoms with E-state index < -0.39 is 0 Å². The van der Waals surface area contributed by atoms with Crippen LogP contribution >= 0.6 is 0 Å². The average molecular weight is 270 g/mol. The van der Waals surface area contributed by atoms with Gasteiger partial charge in [0.15, 0.2) is 0 Å². The third-order valence-corrected chi connectivity index (χ3v) is 4.36. The van der Waals surface area contributed by atoms with Gasteiger partial charge in [0.1, 0.15) is 0 Å². The van der Waals surface area contributed by atoms with E-state index in [4.69, 9.17) is 10.5 Å². The first-order chi connectivity index (χ1) is 9.15. The lowest BCUT2D eigenvalue weighted by Gasteiger charge is -2.40. The Labute approximate surface area is 117 Å². The van der Waals surface area contributed by atoms with Crippen molar-refractivity contribution in [3.05, 3.63) is 0 Å². The fourth-order valence-electron chi connectivity index (χ4n) is 2.78. The summed E-state index contributed by atoms with van der Waals surface area (Å²) in [6.07, 6.45) is 8.28. The molecule has 0 aromatic carbocycles. The van der Waals surface area contributed by atoms with Gasteiger partial charge in [-0.2, -0.15) is 0 Å². The second-order valence-electron chi connectivity index (χ2n) is 5.79. The van der Waals surface area contributed by atoms with E-state index in [1.54, 1.807) is 7.11 Å². The van der Waals surface area contributed by atoms with Crippen LogP contribution in [-0.2, 0) is 9.53 Å². The Bertz CT molecular complexity index is 253. The van der Waals surface area contributed by atoms with E-state index in [0.717, 1.165) is 32.2 Å². The van der Waals surface area contributed by atoms with Crippen LogP contribution in [0.25, 0.3) is 0 Å². The number of ether oxygens (including phenoxy) is 1. The molecule has 1 amide bonds. The molecule has 1 aliphatic carbocycles. The Morgan fingerprint density at radius 3 is 2.58 bits per heavy atom. The van der Waals surface area contributed by atoms with Gasteiger partial charge in [0, 0.05) is 20.1 Å². The predicted molar refractivity (Wildman–Crippen MR) is 77.9 cm³/mol. The van der Waals surface area contributed by atoms with Gasteiger partial charge in [-0.25, -0.2) is 0 Å². The highest BCUT2D eigenvalue weighted by Crippen LogP contribution is 2.34. The van der Waals surface area contributed by atoms with Crippen molar-refractivity contribution in [2.24, 2.45) is 11.7 Å². The van der Waals surface area contributed by atoms with E-state index in [9.17, 15) is 4.79 Å². The van der Waals surface area contributed by atoms with Crippen molar-refractivity contribution < 1.29 is 9.53 Å². The molecule has 112 valence electrons. The molecule has 1 fully saturated rings. The van der Waals surface area contributed by atoms with Gasteiger partial charge in [0.05, 0.1) is 5.60 Å². The molecule has 3 N–H and O–H groups in total. The Morgan fingerprint density at radius 1 is 1.37 bits per heavy atom. The zero-order valence-electron chi connectivity index (χ0n) is 12.5. The second kappa shape index (κ2) is 8.54. The SMILES string of the molecule is CCCC(CCN)CCC(=O)NCC1(OC)CCC1. The summed E-state index contributed by atoms with van der Waals surface area (Å²) < 4.78 is 5.50. The van der Waals surface area contributed by atoms with Gasteiger partial charge in [-0.05, 0) is 44.6 Å². The summed E-state index contributed by atoms with van der Waals surface area (Å²) in [5, 5.41) is 3.02. The summed E-state index contributed by atoms with van der Waals surface area (Å²) in [7, 11) is 1.74. The van der Waals surface area contributed by atoms with Crippen molar-refractivity contribution in [1.29, 1.82) is 0 Å². The fourth-order valence-corrected chi connectivity index (χ4v) is 2.78. The smallest absolute Gasteiger partial charge is 0.220 e. The van der Waals surface area contributed by atoms with Crippen LogP contribution in [0, 0.1) is 5.92 Å². The summed E-state index contributed by atoms with van der Waals surface area (Å²) in [5.41, 5.74) is 5.53. The lowest BCUT2D eigenvalue weighted by atomic mass is 9.80. The van der Waals surface area contributed by atoms with Gasteiger partial charge in [-0.15, -0.1) is 0 Å². The van der Waals surface area contributed by atoms with Crippen LogP contribution in [0.4, 0.5) is 0 Å². The molecule has 0 saturated heterocycles. The van der Waals surface area contributed by atoms with E-state index in [1.165, 1.54) is 19.3 Å². The first-order valence-corrected chi connectivity index (χ1v) is 7.67. The van der Waals surface area contributed by atoms with Crippen LogP contribution in [0.15, 0.2) is 0 Å². The fraction of sp³-hybridized carbons (Fsp3) is 0.933. The number of carbonyl (C=O) groups is 1. The van der Waals surface area contributed by atoms with Crippen LogP contribution in [-0.4, -0.2) is 31.7 Å². The topological polar surface area (TPSA) is 64.4 Å². The molecule has 0 aromatic heterocycles. The maximum absolute atomic E-state index is 11.9. The second-order valence-corrected chi connectivity index (χ2v) is 5.79. The largest absolute Gasteiger partial charge is 0.376 e. The Balaban J connectivity index is 2.19. The third-order valence-electron chi connectivity index (χ3n) is 4.36. The maximum atomic E-state index is 11.9. The number of nitrogens with one attached hydrogen (secondary N) is 1. The van der Waals surface area contributed by atoms with Crippen LogP contribution in [0.2, 0.25) is 0 Å². The van der Waals surface area contributed by atoms with E-state index >= 15 is 0 Å². The van der Waals surface area contributed by atoms with E-state index in [-0.39, 0.29) is 11.5 Å². The number of methoxy groups -OCH3 is 1. The average Bonchev–Trinajstić information content (AvgIpc) is 2.36. The molecule has 1 aliphatic rings. The minimum atomic E-state index is -0.0737. The zero-order chi connectivity index (χ0) is 14.1. The number of nitrogens with two attached hydrogens (primary N) is 1. The number of amides is 1. The lowest BCUT2D eigenvalue weighted by molar-refractivity contribution is -0.125. The minimum absolute atomic E-state index is 0.0737. The standard InChI is InChI=1S/C15H30N2O2/c1-3-5-13(8-11-16)6-7-14(18)17-12-15(19-2)9-4-10-15/h13H,3-12,16H2,1-2H3,(H,17,18). The predicted octanol–water partition coefficient (Wildman–Crippen LogP) is 2.22. The number of rotatable bonds is 10. The van der Waals surface area contributed by atoms with Gasteiger partial charge < -0.3 is 15.8 Å². The molecular weight excluding hydrogens is 240 g/mol.